The Labute approximate surface area is 112 Å². The van der Waals surface area contributed by atoms with Crippen LogP contribution in [0.2, 0.25) is 0 Å². The van der Waals surface area contributed by atoms with Crippen molar-refractivity contribution in [2.75, 3.05) is 19.0 Å². The quantitative estimate of drug-likeness (QED) is 0.866. The molecule has 1 aliphatic heterocycles. The average molecular weight is 255 g/mol. The Balaban J connectivity index is 2.07. The fourth-order valence-electron chi connectivity index (χ4n) is 2.69. The molecule has 0 aliphatic carbocycles. The molecule has 0 aromatic heterocycles. The van der Waals surface area contributed by atoms with Crippen molar-refractivity contribution >= 4 is 5.69 Å². The minimum absolute atomic E-state index is 0.0170. The van der Waals surface area contributed by atoms with E-state index in [1.54, 1.807) is 7.11 Å². The van der Waals surface area contributed by atoms with Gasteiger partial charge in [0.05, 0.1) is 13.2 Å². The zero-order chi connectivity index (χ0) is 13.2. The van der Waals surface area contributed by atoms with Crippen LogP contribution in [0.3, 0.4) is 0 Å². The van der Waals surface area contributed by atoms with Gasteiger partial charge in [-0.2, -0.15) is 0 Å². The van der Waals surface area contributed by atoms with Crippen molar-refractivity contribution in [1.82, 2.24) is 0 Å². The first kappa shape index (κ1) is 12.1. The van der Waals surface area contributed by atoms with Gasteiger partial charge in [-0.1, -0.05) is 36.4 Å². The third-order valence-corrected chi connectivity index (χ3v) is 3.64. The van der Waals surface area contributed by atoms with Crippen molar-refractivity contribution in [3.63, 3.8) is 0 Å². The molecule has 0 amide bonds. The molecule has 2 aromatic carbocycles. The normalized spacial score (nSPS) is 21.4. The van der Waals surface area contributed by atoms with E-state index in [-0.39, 0.29) is 5.92 Å². The maximum Gasteiger partial charge on any atom is 0.120 e. The van der Waals surface area contributed by atoms with Crippen molar-refractivity contribution in [1.29, 1.82) is 0 Å². The number of benzene rings is 2. The van der Waals surface area contributed by atoms with Gasteiger partial charge in [-0.25, -0.2) is 0 Å². The van der Waals surface area contributed by atoms with Gasteiger partial charge in [-0.15, -0.1) is 0 Å². The van der Waals surface area contributed by atoms with Crippen LogP contribution in [0, 0.1) is 0 Å². The van der Waals surface area contributed by atoms with Crippen LogP contribution in [0.15, 0.2) is 48.5 Å². The molecule has 1 heterocycles. The molecule has 3 rings (SSSR count). The number of β-amino-alcohol motifs (C(OH)–C–C–N with tert-alkyl or cyclic N) is 1. The number of rotatable bonds is 2. The number of methoxy groups -OCH3 is 1. The van der Waals surface area contributed by atoms with Gasteiger partial charge in [0.1, 0.15) is 5.75 Å². The lowest BCUT2D eigenvalue weighted by Crippen LogP contribution is -2.32. The fourth-order valence-corrected chi connectivity index (χ4v) is 2.69. The van der Waals surface area contributed by atoms with E-state index in [4.69, 9.17) is 4.74 Å². The number of fused-ring (bicyclic) bond motifs is 1. The second-order valence-electron chi connectivity index (χ2n) is 4.79. The molecule has 2 aromatic rings. The molecule has 0 fully saturated rings. The molecule has 2 atom stereocenters. The number of ether oxygens (including phenoxy) is 1. The highest BCUT2D eigenvalue weighted by atomic mass is 16.5. The second kappa shape index (κ2) is 4.94. The van der Waals surface area contributed by atoms with E-state index in [1.165, 1.54) is 0 Å². The maximum absolute atomic E-state index is 10.3. The fraction of sp³-hybridized carbons (Fsp3) is 0.250. The van der Waals surface area contributed by atoms with Crippen LogP contribution in [0.5, 0.6) is 5.75 Å². The van der Waals surface area contributed by atoms with E-state index in [1.807, 2.05) is 36.4 Å². The topological polar surface area (TPSA) is 41.5 Å². The lowest BCUT2D eigenvalue weighted by atomic mass is 9.83. The summed E-state index contributed by atoms with van der Waals surface area (Å²) in [6, 6.07) is 16.1. The Hall–Kier alpha value is -2.00. The van der Waals surface area contributed by atoms with E-state index in [2.05, 4.69) is 17.4 Å². The van der Waals surface area contributed by atoms with Crippen LogP contribution in [0.25, 0.3) is 0 Å². The molecule has 98 valence electrons. The summed E-state index contributed by atoms with van der Waals surface area (Å²) in [5.74, 6) is 0.845. The third kappa shape index (κ3) is 2.17. The summed E-state index contributed by atoms with van der Waals surface area (Å²) in [4.78, 5) is 0. The summed E-state index contributed by atoms with van der Waals surface area (Å²) in [5, 5.41) is 13.6. The first-order valence-corrected chi connectivity index (χ1v) is 6.44. The summed E-state index contributed by atoms with van der Waals surface area (Å²) in [6.07, 6.45) is -0.414. The predicted molar refractivity (Wildman–Crippen MR) is 75.8 cm³/mol. The van der Waals surface area contributed by atoms with Gasteiger partial charge in [0, 0.05) is 24.2 Å². The van der Waals surface area contributed by atoms with E-state index >= 15 is 0 Å². The zero-order valence-corrected chi connectivity index (χ0v) is 10.8. The Morgan fingerprint density at radius 1 is 1.16 bits per heavy atom. The second-order valence-corrected chi connectivity index (χ2v) is 4.79. The van der Waals surface area contributed by atoms with Crippen LogP contribution < -0.4 is 10.1 Å². The highest BCUT2D eigenvalue weighted by Gasteiger charge is 2.29. The molecule has 2 N–H and O–H groups in total. The monoisotopic (exact) mass is 255 g/mol. The highest BCUT2D eigenvalue weighted by Crippen LogP contribution is 2.38. The third-order valence-electron chi connectivity index (χ3n) is 3.64. The van der Waals surface area contributed by atoms with Crippen LogP contribution in [-0.2, 0) is 0 Å². The van der Waals surface area contributed by atoms with Crippen LogP contribution in [0.1, 0.15) is 17.0 Å². The zero-order valence-electron chi connectivity index (χ0n) is 10.8. The van der Waals surface area contributed by atoms with E-state index < -0.39 is 6.10 Å². The van der Waals surface area contributed by atoms with Gasteiger partial charge >= 0.3 is 0 Å². The molecule has 0 bridgehead atoms. The molecule has 0 saturated carbocycles. The first-order chi connectivity index (χ1) is 9.29. The summed E-state index contributed by atoms with van der Waals surface area (Å²) in [5.41, 5.74) is 3.30. The molecule has 0 saturated heterocycles. The number of hydrogen-bond acceptors (Lipinski definition) is 3. The molecule has 0 radical (unpaired) electrons. The van der Waals surface area contributed by atoms with Crippen molar-refractivity contribution < 1.29 is 9.84 Å². The van der Waals surface area contributed by atoms with Crippen molar-refractivity contribution in [3.05, 3.63) is 59.7 Å². The number of aliphatic hydroxyl groups excluding tert-OH is 1. The predicted octanol–water partition coefficient (Wildman–Crippen LogP) is 2.61. The molecule has 1 aliphatic rings. The Morgan fingerprint density at radius 3 is 2.68 bits per heavy atom. The van der Waals surface area contributed by atoms with Gasteiger partial charge in [0.15, 0.2) is 0 Å². The van der Waals surface area contributed by atoms with Gasteiger partial charge in [0.25, 0.3) is 0 Å². The Bertz CT molecular complexity index is 568. The summed E-state index contributed by atoms with van der Waals surface area (Å²) < 4.78 is 5.25. The van der Waals surface area contributed by atoms with Gasteiger partial charge in [-0.3, -0.25) is 0 Å². The van der Waals surface area contributed by atoms with Crippen molar-refractivity contribution in [3.8, 4) is 5.75 Å². The van der Waals surface area contributed by atoms with Crippen molar-refractivity contribution in [2.45, 2.75) is 12.0 Å². The molecular formula is C16H17NO2. The smallest absolute Gasteiger partial charge is 0.120 e. The lowest BCUT2D eigenvalue weighted by molar-refractivity contribution is 0.165. The molecule has 3 nitrogen and oxygen atoms in total. The molecule has 0 unspecified atom stereocenters. The van der Waals surface area contributed by atoms with Gasteiger partial charge in [0.2, 0.25) is 0 Å². The van der Waals surface area contributed by atoms with Gasteiger partial charge in [-0.05, 0) is 17.2 Å². The molecular weight excluding hydrogens is 238 g/mol. The number of nitrogens with one attached hydrogen (secondary N) is 1. The Morgan fingerprint density at radius 2 is 1.95 bits per heavy atom. The standard InChI is InChI=1S/C16H17NO2/c1-19-12-7-8-13-14(9-12)17-10-15(18)16(13)11-5-3-2-4-6-11/h2-9,15-18H,10H2,1H3/t15-,16-/m0/s1. The largest absolute Gasteiger partial charge is 0.497 e. The lowest BCUT2D eigenvalue weighted by Gasteiger charge is -2.32. The first-order valence-electron chi connectivity index (χ1n) is 6.44. The summed E-state index contributed by atoms with van der Waals surface area (Å²) in [7, 11) is 1.66. The minimum Gasteiger partial charge on any atom is -0.497 e. The number of anilines is 1. The van der Waals surface area contributed by atoms with Crippen LogP contribution >= 0.6 is 0 Å². The minimum atomic E-state index is -0.414. The van der Waals surface area contributed by atoms with Crippen LogP contribution in [-0.4, -0.2) is 24.9 Å². The van der Waals surface area contributed by atoms with Crippen LogP contribution in [0.4, 0.5) is 5.69 Å². The molecule has 3 heteroatoms. The maximum atomic E-state index is 10.3. The Kier molecular flexibility index (Phi) is 3.13. The summed E-state index contributed by atoms with van der Waals surface area (Å²) >= 11 is 0. The molecule has 19 heavy (non-hydrogen) atoms. The highest BCUT2D eigenvalue weighted by molar-refractivity contribution is 5.61. The SMILES string of the molecule is COc1ccc2c(c1)NC[C@H](O)[C@H]2c1ccccc1. The number of hydrogen-bond donors (Lipinski definition) is 2. The van der Waals surface area contributed by atoms with E-state index in [0.29, 0.717) is 6.54 Å². The van der Waals surface area contributed by atoms with E-state index in [0.717, 1.165) is 22.6 Å². The number of aliphatic hydroxyl groups is 1. The van der Waals surface area contributed by atoms with E-state index in [9.17, 15) is 5.11 Å². The summed E-state index contributed by atoms with van der Waals surface area (Å²) in [6.45, 7) is 0.555. The van der Waals surface area contributed by atoms with Crippen molar-refractivity contribution in [2.24, 2.45) is 0 Å². The molecule has 0 spiro atoms. The van der Waals surface area contributed by atoms with Gasteiger partial charge < -0.3 is 15.2 Å². The average Bonchev–Trinajstić information content (AvgIpc) is 2.47.